The number of alkyl halides is 5. The minimum Gasteiger partial charge on any atom is -0.406 e. The Morgan fingerprint density at radius 1 is 1.00 bits per heavy atom. The van der Waals surface area contributed by atoms with Crippen LogP contribution in [0.4, 0.5) is 22.0 Å². The van der Waals surface area contributed by atoms with E-state index < -0.39 is 24.0 Å². The first-order valence-corrected chi connectivity index (χ1v) is 6.70. The molecule has 11 heteroatoms. The van der Waals surface area contributed by atoms with Crippen LogP contribution in [0.25, 0.3) is 16.9 Å². The van der Waals surface area contributed by atoms with Gasteiger partial charge >= 0.3 is 12.5 Å². The van der Waals surface area contributed by atoms with Gasteiger partial charge in [-0.1, -0.05) is 0 Å². The monoisotopic (exact) mass is 360 g/mol. The van der Waals surface area contributed by atoms with E-state index in [0.29, 0.717) is 5.56 Å². The molecule has 2 heterocycles. The molecular weight excluding hydrogens is 351 g/mol. The first kappa shape index (κ1) is 17.0. The van der Waals surface area contributed by atoms with Crippen molar-refractivity contribution in [2.45, 2.75) is 12.5 Å². The highest BCUT2D eigenvalue weighted by atomic mass is 19.4. The van der Waals surface area contributed by atoms with Gasteiger partial charge in [-0.25, -0.2) is 0 Å². The summed E-state index contributed by atoms with van der Waals surface area (Å²) in [4.78, 5) is 4.03. The maximum absolute atomic E-state index is 13.7. The van der Waals surface area contributed by atoms with Gasteiger partial charge in [-0.05, 0) is 24.3 Å². The lowest BCUT2D eigenvalue weighted by molar-refractivity contribution is -0.274. The van der Waals surface area contributed by atoms with Gasteiger partial charge in [0.2, 0.25) is 5.82 Å². The Labute approximate surface area is 136 Å². The van der Waals surface area contributed by atoms with Gasteiger partial charge in [-0.2, -0.15) is 8.78 Å². The minimum absolute atomic E-state index is 0.0625. The molecule has 0 saturated heterocycles. The Kier molecular flexibility index (Phi) is 4.03. The third-order valence-electron chi connectivity index (χ3n) is 3.19. The van der Waals surface area contributed by atoms with Gasteiger partial charge in [0.05, 0.1) is 11.9 Å². The number of rotatable bonds is 4. The van der Waals surface area contributed by atoms with Crippen LogP contribution < -0.4 is 4.74 Å². The maximum atomic E-state index is 13.7. The summed E-state index contributed by atoms with van der Waals surface area (Å²) in [5.41, 5.74) is 0.670. The third-order valence-corrected chi connectivity index (χ3v) is 3.19. The van der Waals surface area contributed by atoms with Crippen LogP contribution in [-0.4, -0.2) is 33.1 Å². The summed E-state index contributed by atoms with van der Waals surface area (Å²) in [5, 5.41) is 6.95. The highest BCUT2D eigenvalue weighted by Gasteiger charge is 2.37. The number of hydrogen-bond donors (Lipinski definition) is 0. The van der Waals surface area contributed by atoms with Crippen molar-refractivity contribution in [3.63, 3.8) is 0 Å². The van der Waals surface area contributed by atoms with E-state index in [4.69, 9.17) is 0 Å². The second-order valence-corrected chi connectivity index (χ2v) is 4.82. The van der Waals surface area contributed by atoms with Crippen LogP contribution in [0.15, 0.2) is 36.7 Å². The lowest BCUT2D eigenvalue weighted by atomic mass is 10.1. The average molecular weight is 360 g/mol. The van der Waals surface area contributed by atoms with Crippen molar-refractivity contribution in [2.75, 3.05) is 7.11 Å². The van der Waals surface area contributed by atoms with Crippen LogP contribution in [0.3, 0.4) is 0 Å². The first-order chi connectivity index (χ1) is 11.7. The van der Waals surface area contributed by atoms with Crippen LogP contribution in [0.5, 0.6) is 5.75 Å². The van der Waals surface area contributed by atoms with Crippen molar-refractivity contribution < 1.29 is 31.4 Å². The van der Waals surface area contributed by atoms with E-state index in [2.05, 4.69) is 24.7 Å². The number of ether oxygens (including phenoxy) is 2. The molecule has 2 aromatic heterocycles. The molecule has 0 aliphatic rings. The SMILES string of the molecule is COC(F)(F)c1nnc2cnc(-c3ccc(OC(F)(F)F)cc3)cn12. The van der Waals surface area contributed by atoms with Crippen LogP contribution in [0.1, 0.15) is 5.82 Å². The zero-order valence-corrected chi connectivity index (χ0v) is 12.5. The molecule has 0 fully saturated rings. The lowest BCUT2D eigenvalue weighted by Gasteiger charge is -2.12. The summed E-state index contributed by atoms with van der Waals surface area (Å²) in [6, 6.07) is 4.80. The Hall–Kier alpha value is -2.82. The van der Waals surface area contributed by atoms with Gasteiger partial charge in [0.15, 0.2) is 5.65 Å². The predicted octanol–water partition coefficient (Wildman–Crippen LogP) is 3.39. The van der Waals surface area contributed by atoms with Gasteiger partial charge < -0.3 is 9.47 Å². The van der Waals surface area contributed by atoms with Crippen molar-refractivity contribution in [1.82, 2.24) is 19.6 Å². The van der Waals surface area contributed by atoms with Crippen molar-refractivity contribution in [3.05, 3.63) is 42.5 Å². The van der Waals surface area contributed by atoms with Crippen molar-refractivity contribution >= 4 is 5.65 Å². The van der Waals surface area contributed by atoms with Gasteiger partial charge in [0.25, 0.3) is 0 Å². The summed E-state index contributed by atoms with van der Waals surface area (Å²) in [6.45, 7) is 0. The van der Waals surface area contributed by atoms with Crippen molar-refractivity contribution in [3.8, 4) is 17.0 Å². The van der Waals surface area contributed by atoms with Crippen LogP contribution in [-0.2, 0) is 10.8 Å². The van der Waals surface area contributed by atoms with Crippen molar-refractivity contribution in [1.29, 1.82) is 0 Å². The molecule has 0 saturated carbocycles. The van der Waals surface area contributed by atoms with Crippen molar-refractivity contribution in [2.24, 2.45) is 0 Å². The van der Waals surface area contributed by atoms with Gasteiger partial charge in [-0.15, -0.1) is 23.4 Å². The molecule has 3 aromatic rings. The number of hydrogen-bond acceptors (Lipinski definition) is 5. The zero-order valence-electron chi connectivity index (χ0n) is 12.5. The molecule has 25 heavy (non-hydrogen) atoms. The molecular formula is C14H9F5N4O2. The first-order valence-electron chi connectivity index (χ1n) is 6.70. The fraction of sp³-hybridized carbons (Fsp3) is 0.214. The molecule has 0 aliphatic heterocycles. The number of benzene rings is 1. The minimum atomic E-state index is -4.80. The molecule has 0 radical (unpaired) electrons. The Bertz CT molecular complexity index is 892. The standard InChI is InChI=1S/C14H9F5N4O2/c1-24-13(15,16)12-22-21-11-6-20-10(7-23(11)12)8-2-4-9(5-3-8)25-14(17,18)19/h2-7H,1H3. The summed E-state index contributed by atoms with van der Waals surface area (Å²) in [5.74, 6) is -1.15. The Morgan fingerprint density at radius 2 is 1.68 bits per heavy atom. The molecule has 0 bridgehead atoms. The molecule has 1 aromatic carbocycles. The second-order valence-electron chi connectivity index (χ2n) is 4.82. The van der Waals surface area contributed by atoms with Gasteiger partial charge in [0, 0.05) is 18.9 Å². The van der Waals surface area contributed by atoms with Crippen LogP contribution in [0, 0.1) is 0 Å². The Balaban J connectivity index is 1.98. The quantitative estimate of drug-likeness (QED) is 0.668. The topological polar surface area (TPSA) is 61.5 Å². The summed E-state index contributed by atoms with van der Waals surface area (Å²) >= 11 is 0. The molecule has 0 unspecified atom stereocenters. The number of halogens is 5. The van der Waals surface area contributed by atoms with E-state index in [-0.39, 0.29) is 11.3 Å². The summed E-state index contributed by atoms with van der Waals surface area (Å²) in [7, 11) is 0.822. The summed E-state index contributed by atoms with van der Waals surface area (Å²) < 4.78 is 72.7. The average Bonchev–Trinajstić information content (AvgIpc) is 2.98. The summed E-state index contributed by atoms with van der Waals surface area (Å²) in [6.07, 6.45) is -6.03. The molecule has 0 spiro atoms. The number of nitrogens with zero attached hydrogens (tertiary/aromatic N) is 4. The van der Waals surface area contributed by atoms with Gasteiger partial charge in [0.1, 0.15) is 5.75 Å². The highest BCUT2D eigenvalue weighted by Crippen LogP contribution is 2.29. The predicted molar refractivity (Wildman–Crippen MR) is 73.8 cm³/mol. The molecule has 3 rings (SSSR count). The number of methoxy groups -OCH3 is 1. The molecule has 6 nitrogen and oxygen atoms in total. The fourth-order valence-electron chi connectivity index (χ4n) is 2.07. The van der Waals surface area contributed by atoms with E-state index in [9.17, 15) is 22.0 Å². The molecule has 0 N–H and O–H groups in total. The molecule has 0 atom stereocenters. The fourth-order valence-corrected chi connectivity index (χ4v) is 2.07. The van der Waals surface area contributed by atoms with Crippen LogP contribution in [0.2, 0.25) is 0 Å². The van der Waals surface area contributed by atoms with E-state index in [1.165, 1.54) is 24.5 Å². The van der Waals surface area contributed by atoms with E-state index in [1.807, 2.05) is 0 Å². The number of aromatic nitrogens is 4. The molecule has 0 aliphatic carbocycles. The zero-order chi connectivity index (χ0) is 18.2. The Morgan fingerprint density at radius 3 is 2.28 bits per heavy atom. The third kappa shape index (κ3) is 3.50. The smallest absolute Gasteiger partial charge is 0.406 e. The maximum Gasteiger partial charge on any atom is 0.573 e. The normalized spacial score (nSPS) is 12.6. The number of fused-ring (bicyclic) bond motifs is 1. The largest absolute Gasteiger partial charge is 0.573 e. The highest BCUT2D eigenvalue weighted by molar-refractivity contribution is 5.60. The molecule has 0 amide bonds. The second kappa shape index (κ2) is 5.92. The van der Waals surface area contributed by atoms with E-state index in [0.717, 1.165) is 23.6 Å². The van der Waals surface area contributed by atoms with Crippen LogP contribution >= 0.6 is 0 Å². The molecule has 132 valence electrons. The van der Waals surface area contributed by atoms with Gasteiger partial charge in [-0.3, -0.25) is 9.38 Å². The van der Waals surface area contributed by atoms with E-state index in [1.54, 1.807) is 0 Å². The lowest BCUT2D eigenvalue weighted by Crippen LogP contribution is -2.19. The van der Waals surface area contributed by atoms with E-state index >= 15 is 0 Å².